The van der Waals surface area contributed by atoms with Gasteiger partial charge < -0.3 is 9.84 Å². The van der Waals surface area contributed by atoms with Crippen molar-refractivity contribution in [2.45, 2.75) is 56.1 Å². The number of ether oxygens (including phenoxy) is 1. The van der Waals surface area contributed by atoms with Crippen LogP contribution in [-0.2, 0) is 4.74 Å². The van der Waals surface area contributed by atoms with Gasteiger partial charge in [0.25, 0.3) is 0 Å². The molecule has 0 aromatic heterocycles. The Morgan fingerprint density at radius 2 is 2.00 bits per heavy atom. The summed E-state index contributed by atoms with van der Waals surface area (Å²) in [5, 5.41) is 10.7. The van der Waals surface area contributed by atoms with Gasteiger partial charge in [0, 0.05) is 6.61 Å². The summed E-state index contributed by atoms with van der Waals surface area (Å²) in [6.07, 6.45) is 6.90. The van der Waals surface area contributed by atoms with Crippen LogP contribution in [0, 0.1) is 11.8 Å². The average molecular weight is 272 g/mol. The minimum absolute atomic E-state index is 0.124. The Balaban J connectivity index is 1.40. The normalized spacial score (nSPS) is 36.4. The Morgan fingerprint density at radius 1 is 1.20 bits per heavy atom. The van der Waals surface area contributed by atoms with Gasteiger partial charge in [-0.1, -0.05) is 30.3 Å². The highest BCUT2D eigenvalue weighted by Gasteiger charge is 2.50. The van der Waals surface area contributed by atoms with Crippen LogP contribution in [0.25, 0.3) is 0 Å². The predicted molar refractivity (Wildman–Crippen MR) is 78.6 cm³/mol. The first-order chi connectivity index (χ1) is 9.77. The second kappa shape index (κ2) is 4.85. The minimum Gasteiger partial charge on any atom is -0.393 e. The largest absolute Gasteiger partial charge is 0.393 e. The van der Waals surface area contributed by atoms with E-state index in [0.29, 0.717) is 17.8 Å². The fourth-order valence-electron chi connectivity index (χ4n) is 4.30. The highest BCUT2D eigenvalue weighted by molar-refractivity contribution is 5.26. The van der Waals surface area contributed by atoms with Crippen LogP contribution in [0.2, 0.25) is 0 Å². The number of aliphatic hydroxyl groups excluding tert-OH is 1. The third kappa shape index (κ3) is 2.19. The molecular weight excluding hydrogens is 248 g/mol. The summed E-state index contributed by atoms with van der Waals surface area (Å²) >= 11 is 0. The first-order valence-electron chi connectivity index (χ1n) is 8.14. The van der Waals surface area contributed by atoms with Crippen molar-refractivity contribution in [2.75, 3.05) is 6.61 Å². The van der Waals surface area contributed by atoms with Gasteiger partial charge in [0.05, 0.1) is 11.7 Å². The van der Waals surface area contributed by atoms with E-state index in [1.807, 2.05) is 0 Å². The maximum Gasteiger partial charge on any atom is 0.0686 e. The van der Waals surface area contributed by atoms with Crippen LogP contribution in [0.15, 0.2) is 30.3 Å². The Kier molecular flexibility index (Phi) is 3.12. The van der Waals surface area contributed by atoms with E-state index < -0.39 is 0 Å². The lowest BCUT2D eigenvalue weighted by Crippen LogP contribution is -2.48. The quantitative estimate of drug-likeness (QED) is 0.912. The molecule has 0 radical (unpaired) electrons. The van der Waals surface area contributed by atoms with Crippen molar-refractivity contribution in [3.63, 3.8) is 0 Å². The molecule has 0 amide bonds. The molecule has 1 N–H and O–H groups in total. The monoisotopic (exact) mass is 272 g/mol. The van der Waals surface area contributed by atoms with Crippen molar-refractivity contribution >= 4 is 0 Å². The molecule has 1 heterocycles. The van der Waals surface area contributed by atoms with Crippen molar-refractivity contribution in [1.29, 1.82) is 0 Å². The molecule has 20 heavy (non-hydrogen) atoms. The summed E-state index contributed by atoms with van der Waals surface area (Å²) in [6, 6.07) is 10.7. The Labute approximate surface area is 121 Å². The van der Waals surface area contributed by atoms with E-state index in [1.165, 1.54) is 24.8 Å². The van der Waals surface area contributed by atoms with Gasteiger partial charge in [-0.05, 0) is 61.8 Å². The lowest BCUT2D eigenvalue weighted by atomic mass is 9.70. The van der Waals surface area contributed by atoms with Gasteiger partial charge in [-0.15, -0.1) is 0 Å². The molecule has 2 aliphatic carbocycles. The lowest BCUT2D eigenvalue weighted by molar-refractivity contribution is -0.158. The van der Waals surface area contributed by atoms with Crippen molar-refractivity contribution in [3.8, 4) is 0 Å². The molecule has 2 nitrogen and oxygen atoms in total. The van der Waals surface area contributed by atoms with Gasteiger partial charge in [0.2, 0.25) is 0 Å². The summed E-state index contributed by atoms with van der Waals surface area (Å²) in [4.78, 5) is 0. The van der Waals surface area contributed by atoms with Crippen LogP contribution in [0.1, 0.15) is 50.0 Å². The molecule has 4 rings (SSSR count). The summed E-state index contributed by atoms with van der Waals surface area (Å²) in [5.74, 6) is 1.53. The van der Waals surface area contributed by atoms with Crippen molar-refractivity contribution in [2.24, 2.45) is 11.8 Å². The molecule has 1 saturated heterocycles. The predicted octanol–water partition coefficient (Wildman–Crippen LogP) is 3.50. The molecule has 3 aliphatic rings. The molecule has 1 aromatic carbocycles. The number of aliphatic hydroxyl groups is 1. The molecule has 0 bridgehead atoms. The summed E-state index contributed by atoms with van der Waals surface area (Å²) in [5.41, 5.74) is 1.56. The van der Waals surface area contributed by atoms with Gasteiger partial charge >= 0.3 is 0 Å². The molecule has 4 atom stereocenters. The molecule has 3 fully saturated rings. The molecule has 1 aliphatic heterocycles. The van der Waals surface area contributed by atoms with Crippen LogP contribution in [0.3, 0.4) is 0 Å². The van der Waals surface area contributed by atoms with Crippen LogP contribution in [0.5, 0.6) is 0 Å². The minimum atomic E-state index is -0.124. The van der Waals surface area contributed by atoms with Crippen LogP contribution in [0.4, 0.5) is 0 Å². The first-order valence-corrected chi connectivity index (χ1v) is 8.14. The third-order valence-corrected chi connectivity index (χ3v) is 5.79. The van der Waals surface area contributed by atoms with Crippen molar-refractivity contribution in [1.82, 2.24) is 0 Å². The zero-order valence-corrected chi connectivity index (χ0v) is 12.0. The third-order valence-electron chi connectivity index (χ3n) is 5.79. The Bertz CT molecular complexity index is 466. The summed E-state index contributed by atoms with van der Waals surface area (Å²) < 4.78 is 5.98. The molecule has 1 aromatic rings. The number of rotatable bonds is 3. The van der Waals surface area contributed by atoms with E-state index in [4.69, 9.17) is 4.74 Å². The van der Waals surface area contributed by atoms with E-state index >= 15 is 0 Å². The van der Waals surface area contributed by atoms with E-state index in [0.717, 1.165) is 25.9 Å². The SMILES string of the molecule is OC(C1CCOC2(CCC2)C1)C1CC1c1ccccc1. The number of hydrogen-bond donors (Lipinski definition) is 1. The molecule has 1 spiro atoms. The van der Waals surface area contributed by atoms with Gasteiger partial charge in [0.15, 0.2) is 0 Å². The average Bonchev–Trinajstić information content (AvgIpc) is 3.26. The standard InChI is InChI=1S/C18H24O2/c19-17(14-7-10-20-18(12-14)8-4-9-18)16-11-15(16)13-5-2-1-3-6-13/h1-3,5-6,14-17,19H,4,7-12H2. The second-order valence-corrected chi connectivity index (χ2v) is 7.05. The maximum absolute atomic E-state index is 10.7. The fourth-order valence-corrected chi connectivity index (χ4v) is 4.30. The number of hydrogen-bond acceptors (Lipinski definition) is 2. The fraction of sp³-hybridized carbons (Fsp3) is 0.667. The first kappa shape index (κ1) is 12.8. The zero-order chi connectivity index (χ0) is 13.6. The maximum atomic E-state index is 10.7. The lowest BCUT2D eigenvalue weighted by Gasteiger charge is -2.48. The molecule has 4 unspecified atom stereocenters. The van der Waals surface area contributed by atoms with Crippen LogP contribution < -0.4 is 0 Å². The zero-order valence-electron chi connectivity index (χ0n) is 12.0. The van der Waals surface area contributed by atoms with E-state index in [-0.39, 0.29) is 11.7 Å². The van der Waals surface area contributed by atoms with Gasteiger partial charge in [0.1, 0.15) is 0 Å². The van der Waals surface area contributed by atoms with Gasteiger partial charge in [-0.25, -0.2) is 0 Å². The highest BCUT2D eigenvalue weighted by Crippen LogP contribution is 2.54. The Hall–Kier alpha value is -0.860. The molecular formula is C18H24O2. The molecule has 2 saturated carbocycles. The van der Waals surface area contributed by atoms with E-state index in [1.54, 1.807) is 0 Å². The Morgan fingerprint density at radius 3 is 2.70 bits per heavy atom. The summed E-state index contributed by atoms with van der Waals surface area (Å²) in [7, 11) is 0. The van der Waals surface area contributed by atoms with Crippen molar-refractivity contribution < 1.29 is 9.84 Å². The van der Waals surface area contributed by atoms with Crippen LogP contribution in [-0.4, -0.2) is 23.4 Å². The topological polar surface area (TPSA) is 29.5 Å². The summed E-state index contributed by atoms with van der Waals surface area (Å²) in [6.45, 7) is 0.852. The van der Waals surface area contributed by atoms with Gasteiger partial charge in [-0.2, -0.15) is 0 Å². The van der Waals surface area contributed by atoms with E-state index in [9.17, 15) is 5.11 Å². The highest BCUT2D eigenvalue weighted by atomic mass is 16.5. The van der Waals surface area contributed by atoms with Crippen LogP contribution >= 0.6 is 0 Å². The van der Waals surface area contributed by atoms with E-state index in [2.05, 4.69) is 30.3 Å². The van der Waals surface area contributed by atoms with Crippen molar-refractivity contribution in [3.05, 3.63) is 35.9 Å². The molecule has 2 heteroatoms. The molecule has 108 valence electrons. The second-order valence-electron chi connectivity index (χ2n) is 7.05. The smallest absolute Gasteiger partial charge is 0.0686 e. The van der Waals surface area contributed by atoms with Gasteiger partial charge in [-0.3, -0.25) is 0 Å². The number of benzene rings is 1.